The van der Waals surface area contributed by atoms with Crippen molar-refractivity contribution < 1.29 is 22.0 Å². The number of sulfone groups is 1. The Morgan fingerprint density at radius 2 is 1.81 bits per heavy atom. The minimum Gasteiger partial charge on any atom is -0.403 e. The van der Waals surface area contributed by atoms with E-state index in [-0.39, 0.29) is 22.4 Å². The molecular weight excluding hydrogens is 373 g/mol. The average molecular weight is 389 g/mol. The Balaban J connectivity index is 1.77. The van der Waals surface area contributed by atoms with Crippen LogP contribution in [-0.2, 0) is 9.84 Å². The van der Waals surface area contributed by atoms with E-state index >= 15 is 0 Å². The van der Waals surface area contributed by atoms with Crippen LogP contribution in [0.4, 0.5) is 10.4 Å². The summed E-state index contributed by atoms with van der Waals surface area (Å²) >= 11 is 0. The van der Waals surface area contributed by atoms with Crippen molar-refractivity contribution in [1.29, 1.82) is 0 Å². The van der Waals surface area contributed by atoms with E-state index in [0.717, 1.165) is 6.07 Å². The second kappa shape index (κ2) is 7.28. The largest absolute Gasteiger partial charge is 0.403 e. The topological polar surface area (TPSA) is 102 Å². The van der Waals surface area contributed by atoms with E-state index in [0.29, 0.717) is 5.56 Å². The fourth-order valence-corrected chi connectivity index (χ4v) is 3.31. The highest BCUT2D eigenvalue weighted by molar-refractivity contribution is 7.92. The highest BCUT2D eigenvalue weighted by Gasteiger charge is 2.19. The van der Waals surface area contributed by atoms with Crippen molar-refractivity contribution in [3.63, 3.8) is 0 Å². The maximum absolute atomic E-state index is 13.2. The van der Waals surface area contributed by atoms with Crippen molar-refractivity contribution >= 4 is 21.8 Å². The van der Waals surface area contributed by atoms with Crippen molar-refractivity contribution in [2.24, 2.45) is 0 Å². The molecule has 140 valence electrons. The van der Waals surface area contributed by atoms with Gasteiger partial charge in [0.25, 0.3) is 5.91 Å². The SMILES string of the molecule is CC(C)S(=O)(=O)c1ccc(-c2nnc(NC(=O)c3cccc(F)c3)o2)cc1. The van der Waals surface area contributed by atoms with Gasteiger partial charge in [-0.1, -0.05) is 11.2 Å². The van der Waals surface area contributed by atoms with Crippen molar-refractivity contribution in [2.45, 2.75) is 24.0 Å². The molecule has 0 saturated carbocycles. The first-order valence-corrected chi connectivity index (χ1v) is 9.57. The van der Waals surface area contributed by atoms with Gasteiger partial charge in [-0.15, -0.1) is 5.10 Å². The monoisotopic (exact) mass is 389 g/mol. The molecule has 1 N–H and O–H groups in total. The molecule has 27 heavy (non-hydrogen) atoms. The molecule has 1 aromatic heterocycles. The van der Waals surface area contributed by atoms with Crippen LogP contribution in [0.25, 0.3) is 11.5 Å². The van der Waals surface area contributed by atoms with Crippen LogP contribution in [0.1, 0.15) is 24.2 Å². The van der Waals surface area contributed by atoms with Gasteiger partial charge in [0.05, 0.1) is 10.1 Å². The molecule has 0 fully saturated rings. The standard InChI is InChI=1S/C18H16FN3O4S/c1-11(2)27(24,25)15-8-6-12(7-9-15)17-21-22-18(26-17)20-16(23)13-4-3-5-14(19)10-13/h3-11H,1-2H3,(H,20,22,23). The van der Waals surface area contributed by atoms with E-state index in [1.54, 1.807) is 26.0 Å². The molecular formula is C18H16FN3O4S. The van der Waals surface area contributed by atoms with Crippen molar-refractivity contribution in [1.82, 2.24) is 10.2 Å². The maximum Gasteiger partial charge on any atom is 0.322 e. The molecule has 3 rings (SSSR count). The number of nitrogens with one attached hydrogen (secondary N) is 1. The molecule has 0 aliphatic carbocycles. The van der Waals surface area contributed by atoms with Gasteiger partial charge < -0.3 is 4.42 Å². The molecule has 2 aromatic carbocycles. The molecule has 9 heteroatoms. The smallest absolute Gasteiger partial charge is 0.322 e. The van der Waals surface area contributed by atoms with Crippen molar-refractivity contribution in [3.05, 3.63) is 59.9 Å². The van der Waals surface area contributed by atoms with Crippen LogP contribution < -0.4 is 5.32 Å². The molecule has 0 bridgehead atoms. The van der Waals surface area contributed by atoms with Crippen LogP contribution in [-0.4, -0.2) is 29.8 Å². The number of benzene rings is 2. The van der Waals surface area contributed by atoms with E-state index < -0.39 is 26.8 Å². The molecule has 0 radical (unpaired) electrons. The first-order valence-electron chi connectivity index (χ1n) is 8.02. The number of carbonyl (C=O) groups is 1. The van der Waals surface area contributed by atoms with Crippen molar-refractivity contribution in [2.75, 3.05) is 5.32 Å². The zero-order valence-corrected chi connectivity index (χ0v) is 15.3. The highest BCUT2D eigenvalue weighted by Crippen LogP contribution is 2.23. The lowest BCUT2D eigenvalue weighted by molar-refractivity contribution is 0.102. The predicted molar refractivity (Wildman–Crippen MR) is 96.4 cm³/mol. The van der Waals surface area contributed by atoms with Gasteiger partial charge in [-0.3, -0.25) is 10.1 Å². The molecule has 0 saturated heterocycles. The molecule has 3 aromatic rings. The fraction of sp³-hybridized carbons (Fsp3) is 0.167. The molecule has 1 amide bonds. The van der Waals surface area contributed by atoms with Gasteiger partial charge in [0.2, 0.25) is 5.89 Å². The number of anilines is 1. The molecule has 0 atom stereocenters. The van der Waals surface area contributed by atoms with Gasteiger partial charge in [0.15, 0.2) is 9.84 Å². The van der Waals surface area contributed by atoms with E-state index in [4.69, 9.17) is 4.42 Å². The first kappa shape index (κ1) is 18.7. The third-order valence-corrected chi connectivity index (χ3v) is 5.95. The summed E-state index contributed by atoms with van der Waals surface area (Å²) < 4.78 is 42.8. The lowest BCUT2D eigenvalue weighted by Crippen LogP contribution is -2.13. The van der Waals surface area contributed by atoms with Gasteiger partial charge in [0.1, 0.15) is 5.82 Å². The number of aromatic nitrogens is 2. The molecule has 7 nitrogen and oxygen atoms in total. The number of halogens is 1. The number of nitrogens with zero attached hydrogens (tertiary/aromatic N) is 2. The Morgan fingerprint density at radius 1 is 1.11 bits per heavy atom. The van der Waals surface area contributed by atoms with Gasteiger partial charge in [-0.2, -0.15) is 0 Å². The summed E-state index contributed by atoms with van der Waals surface area (Å²) in [5.41, 5.74) is 0.606. The summed E-state index contributed by atoms with van der Waals surface area (Å²) in [6.45, 7) is 3.21. The minimum atomic E-state index is -3.37. The second-order valence-corrected chi connectivity index (χ2v) is 8.50. The second-order valence-electron chi connectivity index (χ2n) is 5.99. The number of rotatable bonds is 5. The van der Waals surface area contributed by atoms with Crippen LogP contribution >= 0.6 is 0 Å². The third kappa shape index (κ3) is 4.03. The maximum atomic E-state index is 13.2. The summed E-state index contributed by atoms with van der Waals surface area (Å²) in [5.74, 6) is -1.02. The average Bonchev–Trinajstić information content (AvgIpc) is 3.10. The Bertz CT molecular complexity index is 1080. The number of carbonyl (C=O) groups excluding carboxylic acids is 1. The molecule has 0 aliphatic heterocycles. The van der Waals surface area contributed by atoms with Gasteiger partial charge in [-0.25, -0.2) is 12.8 Å². The van der Waals surface area contributed by atoms with Crippen LogP contribution in [0.15, 0.2) is 57.8 Å². The summed E-state index contributed by atoms with van der Waals surface area (Å²) in [6, 6.07) is 11.0. The Hall–Kier alpha value is -3.07. The Labute approximate surface area is 155 Å². The minimum absolute atomic E-state index is 0.109. The summed E-state index contributed by atoms with van der Waals surface area (Å²) in [5, 5.41) is 9.40. The van der Waals surface area contributed by atoms with Gasteiger partial charge in [0, 0.05) is 11.1 Å². The van der Waals surface area contributed by atoms with E-state index in [1.165, 1.54) is 30.3 Å². The van der Waals surface area contributed by atoms with E-state index in [2.05, 4.69) is 15.5 Å². The summed E-state index contributed by atoms with van der Waals surface area (Å²) in [4.78, 5) is 12.3. The Kier molecular flexibility index (Phi) is 5.04. The van der Waals surface area contributed by atoms with E-state index in [1.807, 2.05) is 0 Å². The Morgan fingerprint density at radius 3 is 2.44 bits per heavy atom. The summed E-state index contributed by atoms with van der Waals surface area (Å²) in [6.07, 6.45) is 0. The number of amides is 1. The number of hydrogen-bond donors (Lipinski definition) is 1. The molecule has 0 spiro atoms. The molecule has 0 aliphatic rings. The van der Waals surface area contributed by atoms with Crippen molar-refractivity contribution in [3.8, 4) is 11.5 Å². The lowest BCUT2D eigenvalue weighted by atomic mass is 10.2. The van der Waals surface area contributed by atoms with Crippen LogP contribution in [0, 0.1) is 5.82 Å². The van der Waals surface area contributed by atoms with Crippen LogP contribution in [0.3, 0.4) is 0 Å². The van der Waals surface area contributed by atoms with Gasteiger partial charge in [-0.05, 0) is 56.3 Å². The zero-order valence-electron chi connectivity index (χ0n) is 14.5. The predicted octanol–water partition coefficient (Wildman–Crippen LogP) is 3.31. The quantitative estimate of drug-likeness (QED) is 0.718. The van der Waals surface area contributed by atoms with Crippen LogP contribution in [0.5, 0.6) is 0 Å². The summed E-state index contributed by atoms with van der Waals surface area (Å²) in [7, 11) is -3.37. The first-order chi connectivity index (χ1) is 12.8. The van der Waals surface area contributed by atoms with Crippen LogP contribution in [0.2, 0.25) is 0 Å². The third-order valence-electron chi connectivity index (χ3n) is 3.78. The molecule has 0 unspecified atom stereocenters. The number of hydrogen-bond acceptors (Lipinski definition) is 6. The normalized spacial score (nSPS) is 11.6. The highest BCUT2D eigenvalue weighted by atomic mass is 32.2. The zero-order chi connectivity index (χ0) is 19.6. The van der Waals surface area contributed by atoms with Gasteiger partial charge >= 0.3 is 6.01 Å². The molecule has 1 heterocycles. The lowest BCUT2D eigenvalue weighted by Gasteiger charge is -2.07. The fourth-order valence-electron chi connectivity index (χ4n) is 2.25. The van der Waals surface area contributed by atoms with E-state index in [9.17, 15) is 17.6 Å².